The van der Waals surface area contributed by atoms with Crippen LogP contribution >= 0.6 is 0 Å². The summed E-state index contributed by atoms with van der Waals surface area (Å²) in [6.45, 7) is 7.72. The quantitative estimate of drug-likeness (QED) is 0.593. The largest absolute Gasteiger partial charge is 0.285 e. The molecule has 0 aromatic heterocycles. The number of hydrogen-bond donors (Lipinski definition) is 0. The lowest BCUT2D eigenvalue weighted by Crippen LogP contribution is -2.04. The summed E-state index contributed by atoms with van der Waals surface area (Å²) in [6.07, 6.45) is 2.82. The van der Waals surface area contributed by atoms with Gasteiger partial charge in [0.25, 0.3) is 0 Å². The summed E-state index contributed by atoms with van der Waals surface area (Å²) in [5.74, 6) is 1.58. The van der Waals surface area contributed by atoms with Crippen LogP contribution in [-0.2, 0) is 0 Å². The van der Waals surface area contributed by atoms with E-state index in [0.29, 0.717) is 5.92 Å². The molecule has 0 N–H and O–H groups in total. The summed E-state index contributed by atoms with van der Waals surface area (Å²) in [4.78, 5) is 4.52. The fourth-order valence-electron chi connectivity index (χ4n) is 2.18. The highest BCUT2D eigenvalue weighted by molar-refractivity contribution is 6.01. The Morgan fingerprint density at radius 2 is 2.00 bits per heavy atom. The van der Waals surface area contributed by atoms with Crippen LogP contribution in [0.1, 0.15) is 33.6 Å². The van der Waals surface area contributed by atoms with Crippen LogP contribution in [0.3, 0.4) is 0 Å². The van der Waals surface area contributed by atoms with Crippen LogP contribution in [0.25, 0.3) is 0 Å². The van der Waals surface area contributed by atoms with Gasteiger partial charge in [-0.25, -0.2) is 0 Å². The van der Waals surface area contributed by atoms with E-state index in [1.165, 1.54) is 18.6 Å². The van der Waals surface area contributed by atoms with Gasteiger partial charge in [-0.3, -0.25) is 4.99 Å². The van der Waals surface area contributed by atoms with E-state index in [1.54, 1.807) is 11.1 Å². The first-order chi connectivity index (χ1) is 5.70. The lowest BCUT2D eigenvalue weighted by Gasteiger charge is -2.10. The van der Waals surface area contributed by atoms with Crippen molar-refractivity contribution < 1.29 is 0 Å². The third kappa shape index (κ3) is 1.21. The third-order valence-corrected chi connectivity index (χ3v) is 2.87. The van der Waals surface area contributed by atoms with Gasteiger partial charge in [0.05, 0.1) is 6.54 Å². The molecule has 0 amide bonds. The third-order valence-electron chi connectivity index (χ3n) is 2.87. The Labute approximate surface area is 74.6 Å². The molecular weight excluding hydrogens is 146 g/mol. The Kier molecular flexibility index (Phi) is 1.82. The van der Waals surface area contributed by atoms with Crippen LogP contribution in [0.5, 0.6) is 0 Å². The fourth-order valence-corrected chi connectivity index (χ4v) is 2.18. The average Bonchev–Trinajstić information content (AvgIpc) is 2.75. The van der Waals surface area contributed by atoms with Crippen LogP contribution < -0.4 is 0 Å². The SMILES string of the molecule is CC1=NCC(C2CC2)=C1C(C)C. The summed E-state index contributed by atoms with van der Waals surface area (Å²) in [5, 5.41) is 0. The maximum atomic E-state index is 4.52. The van der Waals surface area contributed by atoms with Gasteiger partial charge in [0.2, 0.25) is 0 Å². The van der Waals surface area contributed by atoms with E-state index in [9.17, 15) is 0 Å². The predicted octanol–water partition coefficient (Wildman–Crippen LogP) is 2.82. The molecule has 66 valence electrons. The summed E-state index contributed by atoms with van der Waals surface area (Å²) >= 11 is 0. The molecule has 1 aliphatic carbocycles. The first-order valence-corrected chi connectivity index (χ1v) is 4.94. The van der Waals surface area contributed by atoms with Gasteiger partial charge in [-0.1, -0.05) is 13.8 Å². The minimum atomic E-state index is 0.673. The van der Waals surface area contributed by atoms with Crippen molar-refractivity contribution in [1.29, 1.82) is 0 Å². The number of rotatable bonds is 2. The van der Waals surface area contributed by atoms with Crippen molar-refractivity contribution in [3.05, 3.63) is 11.1 Å². The predicted molar refractivity (Wildman–Crippen MR) is 52.6 cm³/mol. The average molecular weight is 163 g/mol. The van der Waals surface area contributed by atoms with Crippen LogP contribution in [0.2, 0.25) is 0 Å². The Morgan fingerprint density at radius 1 is 1.33 bits per heavy atom. The van der Waals surface area contributed by atoms with Gasteiger partial charge in [0.1, 0.15) is 0 Å². The van der Waals surface area contributed by atoms with E-state index >= 15 is 0 Å². The molecule has 0 aromatic rings. The molecule has 1 aliphatic heterocycles. The summed E-state index contributed by atoms with van der Waals surface area (Å²) in [5.41, 5.74) is 4.52. The molecule has 1 heteroatoms. The maximum absolute atomic E-state index is 4.52. The second-order valence-electron chi connectivity index (χ2n) is 4.27. The molecule has 2 rings (SSSR count). The van der Waals surface area contributed by atoms with E-state index in [0.717, 1.165) is 12.5 Å². The standard InChI is InChI=1S/C11H17N/c1-7(2)11-8(3)12-6-10(11)9-4-5-9/h7,9H,4-6H2,1-3H3. The van der Waals surface area contributed by atoms with Gasteiger partial charge >= 0.3 is 0 Å². The minimum Gasteiger partial charge on any atom is -0.285 e. The lowest BCUT2D eigenvalue weighted by atomic mass is 9.93. The van der Waals surface area contributed by atoms with Crippen LogP contribution in [0.4, 0.5) is 0 Å². The van der Waals surface area contributed by atoms with Gasteiger partial charge in [-0.15, -0.1) is 0 Å². The molecule has 2 aliphatic rings. The molecule has 0 spiro atoms. The van der Waals surface area contributed by atoms with Crippen LogP contribution in [0.15, 0.2) is 16.1 Å². The van der Waals surface area contributed by atoms with Crippen molar-refractivity contribution in [3.63, 3.8) is 0 Å². The molecule has 0 aromatic carbocycles. The van der Waals surface area contributed by atoms with Crippen molar-refractivity contribution in [1.82, 2.24) is 0 Å². The smallest absolute Gasteiger partial charge is 0.0612 e. The molecular formula is C11H17N. The second kappa shape index (κ2) is 2.72. The second-order valence-corrected chi connectivity index (χ2v) is 4.27. The van der Waals surface area contributed by atoms with E-state index < -0.39 is 0 Å². The molecule has 12 heavy (non-hydrogen) atoms. The Morgan fingerprint density at radius 3 is 2.50 bits per heavy atom. The highest BCUT2D eigenvalue weighted by Gasteiger charge is 2.31. The van der Waals surface area contributed by atoms with Crippen molar-refractivity contribution in [3.8, 4) is 0 Å². The highest BCUT2D eigenvalue weighted by atomic mass is 14.8. The van der Waals surface area contributed by atoms with E-state index in [1.807, 2.05) is 0 Å². The Bertz CT molecular complexity index is 254. The van der Waals surface area contributed by atoms with E-state index in [4.69, 9.17) is 0 Å². The molecule has 0 saturated heterocycles. The molecule has 0 atom stereocenters. The molecule has 1 fully saturated rings. The zero-order valence-corrected chi connectivity index (χ0v) is 8.22. The first kappa shape index (κ1) is 8.03. The normalized spacial score (nSPS) is 23.8. The topological polar surface area (TPSA) is 12.4 Å². The fraction of sp³-hybridized carbons (Fsp3) is 0.727. The molecule has 0 radical (unpaired) electrons. The monoisotopic (exact) mass is 163 g/mol. The van der Waals surface area contributed by atoms with Gasteiger partial charge in [-0.2, -0.15) is 0 Å². The minimum absolute atomic E-state index is 0.673. The summed E-state index contributed by atoms with van der Waals surface area (Å²) < 4.78 is 0. The molecule has 1 nitrogen and oxygen atoms in total. The van der Waals surface area contributed by atoms with Gasteiger partial charge < -0.3 is 0 Å². The zero-order chi connectivity index (χ0) is 8.72. The molecule has 0 bridgehead atoms. The van der Waals surface area contributed by atoms with Crippen molar-refractivity contribution in [2.45, 2.75) is 33.6 Å². The lowest BCUT2D eigenvalue weighted by molar-refractivity contribution is 0.778. The van der Waals surface area contributed by atoms with Crippen molar-refractivity contribution in [2.75, 3.05) is 6.54 Å². The van der Waals surface area contributed by atoms with Gasteiger partial charge in [0.15, 0.2) is 0 Å². The highest BCUT2D eigenvalue weighted by Crippen LogP contribution is 2.41. The van der Waals surface area contributed by atoms with Crippen LogP contribution in [0, 0.1) is 11.8 Å². The summed E-state index contributed by atoms with van der Waals surface area (Å²) in [7, 11) is 0. The first-order valence-electron chi connectivity index (χ1n) is 4.94. The van der Waals surface area contributed by atoms with E-state index in [-0.39, 0.29) is 0 Å². The van der Waals surface area contributed by atoms with Crippen molar-refractivity contribution >= 4 is 5.71 Å². The van der Waals surface area contributed by atoms with Gasteiger partial charge in [-0.05, 0) is 42.7 Å². The number of nitrogens with zero attached hydrogens (tertiary/aromatic N) is 1. The maximum Gasteiger partial charge on any atom is 0.0612 e. The molecule has 1 heterocycles. The van der Waals surface area contributed by atoms with Crippen LogP contribution in [-0.4, -0.2) is 12.3 Å². The summed E-state index contributed by atoms with van der Waals surface area (Å²) in [6, 6.07) is 0. The van der Waals surface area contributed by atoms with E-state index in [2.05, 4.69) is 25.8 Å². The molecule has 0 unspecified atom stereocenters. The number of allylic oxidation sites excluding steroid dienone is 1. The zero-order valence-electron chi connectivity index (χ0n) is 8.22. The number of aliphatic imine (C=N–C) groups is 1. The molecule has 1 saturated carbocycles. The Hall–Kier alpha value is -0.590. The number of hydrogen-bond acceptors (Lipinski definition) is 1. The Balaban J connectivity index is 2.28. The van der Waals surface area contributed by atoms with Crippen molar-refractivity contribution in [2.24, 2.45) is 16.8 Å². The van der Waals surface area contributed by atoms with Gasteiger partial charge in [0, 0.05) is 5.71 Å².